The molecule has 1 heterocycles. The summed E-state index contributed by atoms with van der Waals surface area (Å²) in [6, 6.07) is 4.74. The van der Waals surface area contributed by atoms with Crippen LogP contribution in [0.5, 0.6) is 0 Å². The van der Waals surface area contributed by atoms with Crippen molar-refractivity contribution >= 4 is 17.2 Å². The molecule has 1 aliphatic carbocycles. The molecule has 0 aliphatic heterocycles. The van der Waals surface area contributed by atoms with Crippen molar-refractivity contribution in [2.45, 2.75) is 52.1 Å². The lowest BCUT2D eigenvalue weighted by atomic mass is 9.75. The van der Waals surface area contributed by atoms with Crippen LogP contribution in [-0.2, 0) is 6.54 Å². The highest BCUT2D eigenvalue weighted by Crippen LogP contribution is 2.36. The van der Waals surface area contributed by atoms with Gasteiger partial charge in [-0.2, -0.15) is 0 Å². The molecular weight excluding hydrogens is 266 g/mol. The van der Waals surface area contributed by atoms with E-state index >= 15 is 0 Å². The Morgan fingerprint density at radius 1 is 1.45 bits per heavy atom. The number of thiocarbonyl (C=S) groups is 1. The van der Waals surface area contributed by atoms with E-state index in [1.54, 1.807) is 6.20 Å². The van der Waals surface area contributed by atoms with Crippen LogP contribution in [0.15, 0.2) is 18.3 Å². The van der Waals surface area contributed by atoms with Crippen LogP contribution >= 0.6 is 12.2 Å². The Bertz CT molecular complexity index is 474. The number of aromatic nitrogens is 1. The Balaban J connectivity index is 1.96. The Morgan fingerprint density at radius 3 is 2.70 bits per heavy atom. The Hall–Kier alpha value is -1.00. The molecule has 1 aromatic rings. The van der Waals surface area contributed by atoms with Crippen LogP contribution in [0.2, 0.25) is 0 Å². The third-order valence-corrected chi connectivity index (χ3v) is 4.65. The first-order valence-corrected chi connectivity index (χ1v) is 7.73. The smallest absolute Gasteiger partial charge is 0.122 e. The minimum absolute atomic E-state index is 0.369. The first kappa shape index (κ1) is 15.4. The van der Waals surface area contributed by atoms with E-state index in [0.717, 1.165) is 12.2 Å². The van der Waals surface area contributed by atoms with Gasteiger partial charge >= 0.3 is 0 Å². The van der Waals surface area contributed by atoms with Crippen LogP contribution in [-0.4, -0.2) is 28.0 Å². The van der Waals surface area contributed by atoms with Gasteiger partial charge in [-0.25, -0.2) is 0 Å². The van der Waals surface area contributed by atoms with Gasteiger partial charge in [0.15, 0.2) is 0 Å². The maximum absolute atomic E-state index is 5.64. The Kier molecular flexibility index (Phi) is 4.76. The molecular formula is C16H25N3S. The van der Waals surface area contributed by atoms with Gasteiger partial charge in [-0.15, -0.1) is 0 Å². The molecule has 1 aliphatic rings. The van der Waals surface area contributed by atoms with Crippen LogP contribution in [0.3, 0.4) is 0 Å². The van der Waals surface area contributed by atoms with Crippen LogP contribution in [0.1, 0.15) is 50.8 Å². The molecule has 110 valence electrons. The minimum Gasteiger partial charge on any atom is -0.388 e. The molecule has 0 aromatic carbocycles. The van der Waals surface area contributed by atoms with Crippen molar-refractivity contribution in [1.29, 1.82) is 0 Å². The average Bonchev–Trinajstić information content (AvgIpc) is 2.38. The number of hydrogen-bond acceptors (Lipinski definition) is 3. The second kappa shape index (κ2) is 6.19. The molecule has 0 bridgehead atoms. The van der Waals surface area contributed by atoms with Crippen molar-refractivity contribution in [3.8, 4) is 0 Å². The van der Waals surface area contributed by atoms with E-state index in [9.17, 15) is 0 Å². The molecule has 0 spiro atoms. The van der Waals surface area contributed by atoms with Crippen molar-refractivity contribution in [3.63, 3.8) is 0 Å². The van der Waals surface area contributed by atoms with Crippen LogP contribution < -0.4 is 5.73 Å². The summed E-state index contributed by atoms with van der Waals surface area (Å²) in [4.78, 5) is 7.01. The van der Waals surface area contributed by atoms with Crippen molar-refractivity contribution < 1.29 is 0 Å². The molecule has 1 fully saturated rings. The Morgan fingerprint density at radius 2 is 2.10 bits per heavy atom. The summed E-state index contributed by atoms with van der Waals surface area (Å²) >= 11 is 4.99. The van der Waals surface area contributed by atoms with Crippen molar-refractivity contribution in [2.75, 3.05) is 7.05 Å². The first-order valence-electron chi connectivity index (χ1n) is 7.32. The molecule has 0 radical (unpaired) electrons. The van der Waals surface area contributed by atoms with Crippen LogP contribution in [0.25, 0.3) is 0 Å². The Labute approximate surface area is 127 Å². The summed E-state index contributed by atoms with van der Waals surface area (Å²) in [6.07, 6.45) is 7.00. The average molecular weight is 291 g/mol. The summed E-state index contributed by atoms with van der Waals surface area (Å²) in [5.41, 5.74) is 8.11. The summed E-state index contributed by atoms with van der Waals surface area (Å²) in [5.74, 6) is 0. The third-order valence-electron chi connectivity index (χ3n) is 4.44. The van der Waals surface area contributed by atoms with E-state index in [1.165, 1.54) is 31.2 Å². The maximum atomic E-state index is 5.64. The van der Waals surface area contributed by atoms with Gasteiger partial charge in [0.1, 0.15) is 4.99 Å². The van der Waals surface area contributed by atoms with Gasteiger partial charge in [-0.1, -0.05) is 26.1 Å². The second-order valence-electron chi connectivity index (χ2n) is 6.72. The van der Waals surface area contributed by atoms with Gasteiger partial charge in [-0.05, 0) is 55.8 Å². The molecule has 1 saturated carbocycles. The van der Waals surface area contributed by atoms with E-state index in [-0.39, 0.29) is 0 Å². The van der Waals surface area contributed by atoms with Gasteiger partial charge in [0, 0.05) is 18.8 Å². The van der Waals surface area contributed by atoms with Gasteiger partial charge in [0.25, 0.3) is 0 Å². The lowest BCUT2D eigenvalue weighted by Crippen LogP contribution is -2.36. The summed E-state index contributed by atoms with van der Waals surface area (Å²) in [7, 11) is 2.21. The monoisotopic (exact) mass is 291 g/mol. The van der Waals surface area contributed by atoms with Crippen molar-refractivity contribution in [2.24, 2.45) is 11.1 Å². The highest BCUT2D eigenvalue weighted by molar-refractivity contribution is 7.80. The van der Waals surface area contributed by atoms with E-state index in [0.29, 0.717) is 16.4 Å². The van der Waals surface area contributed by atoms with E-state index in [4.69, 9.17) is 18.0 Å². The van der Waals surface area contributed by atoms with Gasteiger partial charge in [0.2, 0.25) is 0 Å². The number of nitrogens with two attached hydrogens (primary N) is 1. The molecule has 0 atom stereocenters. The lowest BCUT2D eigenvalue weighted by molar-refractivity contribution is 0.123. The van der Waals surface area contributed by atoms with Gasteiger partial charge < -0.3 is 5.73 Å². The molecule has 2 rings (SSSR count). The summed E-state index contributed by atoms with van der Waals surface area (Å²) < 4.78 is 0. The maximum Gasteiger partial charge on any atom is 0.122 e. The summed E-state index contributed by atoms with van der Waals surface area (Å²) in [5, 5.41) is 0. The highest BCUT2D eigenvalue weighted by Gasteiger charge is 2.28. The van der Waals surface area contributed by atoms with Crippen molar-refractivity contribution in [3.05, 3.63) is 29.6 Å². The molecule has 1 aromatic heterocycles. The third kappa shape index (κ3) is 4.00. The predicted octanol–water partition coefficient (Wildman–Crippen LogP) is 3.12. The molecule has 0 unspecified atom stereocenters. The van der Waals surface area contributed by atoms with E-state index in [1.807, 2.05) is 12.1 Å². The number of rotatable bonds is 4. The van der Waals surface area contributed by atoms with Crippen LogP contribution in [0, 0.1) is 5.41 Å². The lowest BCUT2D eigenvalue weighted by Gasteiger charge is -2.38. The van der Waals surface area contributed by atoms with Crippen LogP contribution in [0.4, 0.5) is 0 Å². The van der Waals surface area contributed by atoms with Gasteiger partial charge in [0.05, 0.1) is 5.69 Å². The number of nitrogens with zero attached hydrogens (tertiary/aromatic N) is 2. The zero-order valence-corrected chi connectivity index (χ0v) is 13.5. The quantitative estimate of drug-likeness (QED) is 0.866. The zero-order valence-electron chi connectivity index (χ0n) is 12.7. The molecule has 2 N–H and O–H groups in total. The molecule has 0 amide bonds. The summed E-state index contributed by atoms with van der Waals surface area (Å²) in [6.45, 7) is 5.68. The molecule has 20 heavy (non-hydrogen) atoms. The number of hydrogen-bond donors (Lipinski definition) is 1. The topological polar surface area (TPSA) is 42.2 Å². The van der Waals surface area contributed by atoms with E-state index < -0.39 is 0 Å². The highest BCUT2D eigenvalue weighted by atomic mass is 32.1. The SMILES string of the molecule is CN(Cc1ccnc(C(N)=S)c1)C1CCC(C)(C)CC1. The molecule has 3 nitrogen and oxygen atoms in total. The first-order chi connectivity index (χ1) is 9.37. The normalized spacial score (nSPS) is 19.2. The predicted molar refractivity (Wildman–Crippen MR) is 87.6 cm³/mol. The second-order valence-corrected chi connectivity index (χ2v) is 7.16. The standard InChI is InChI=1S/C16H25N3S/c1-16(2)7-4-13(5-8-16)19(3)11-12-6-9-18-14(10-12)15(17)20/h6,9-10,13H,4-5,7-8,11H2,1-3H3,(H2,17,20). The fraction of sp³-hybridized carbons (Fsp3) is 0.625. The number of pyridine rings is 1. The fourth-order valence-corrected chi connectivity index (χ4v) is 3.06. The minimum atomic E-state index is 0.369. The fourth-order valence-electron chi connectivity index (χ4n) is 2.95. The zero-order chi connectivity index (χ0) is 14.8. The molecule has 0 saturated heterocycles. The van der Waals surface area contributed by atoms with Gasteiger partial charge in [-0.3, -0.25) is 9.88 Å². The van der Waals surface area contributed by atoms with E-state index in [2.05, 4.69) is 30.8 Å². The van der Waals surface area contributed by atoms with Crippen molar-refractivity contribution in [1.82, 2.24) is 9.88 Å². The molecule has 4 heteroatoms. The largest absolute Gasteiger partial charge is 0.388 e.